The van der Waals surface area contributed by atoms with E-state index in [0.717, 1.165) is 51.6 Å². The number of rotatable bonds is 5. The molecule has 4 rings (SSSR count). The maximum Gasteiger partial charge on any atom is 0.281 e. The normalized spacial score (nSPS) is 30.0. The van der Waals surface area contributed by atoms with Gasteiger partial charge < -0.3 is 0 Å². The van der Waals surface area contributed by atoms with Crippen LogP contribution in [0.15, 0.2) is 0 Å². The predicted molar refractivity (Wildman–Crippen MR) is 109 cm³/mol. The minimum absolute atomic E-state index is 0.0311. The zero-order chi connectivity index (χ0) is 20.6. The Morgan fingerprint density at radius 1 is 0.828 bits per heavy atom. The highest BCUT2D eigenvalue weighted by molar-refractivity contribution is 7.86. The second kappa shape index (κ2) is 8.61. The smallest absolute Gasteiger partial charge is 0.281 e. The number of hydrogen-bond donors (Lipinski definition) is 0. The molecular formula is C20H34N4O4S. The molecule has 0 aliphatic carbocycles. The monoisotopic (exact) mass is 426 g/mol. The largest absolute Gasteiger partial charge is 0.292 e. The Bertz CT molecular complexity index is 721. The molecule has 8 nitrogen and oxygen atoms in total. The van der Waals surface area contributed by atoms with Crippen LogP contribution in [0, 0.1) is 11.8 Å². The van der Waals surface area contributed by atoms with Gasteiger partial charge in [0.05, 0.1) is 12.5 Å². The van der Waals surface area contributed by atoms with E-state index >= 15 is 0 Å². The molecule has 0 saturated carbocycles. The quantitative estimate of drug-likeness (QED) is 0.610. The molecule has 164 valence electrons. The number of piperidine rings is 2. The van der Waals surface area contributed by atoms with Crippen LogP contribution in [0.25, 0.3) is 0 Å². The fraction of sp³-hybridized carbons (Fsp3) is 0.900. The molecule has 9 heteroatoms. The molecule has 0 radical (unpaired) electrons. The molecule has 4 saturated heterocycles. The fourth-order valence-electron chi connectivity index (χ4n) is 5.65. The van der Waals surface area contributed by atoms with Gasteiger partial charge in [0, 0.05) is 32.7 Å². The van der Waals surface area contributed by atoms with Gasteiger partial charge in [-0.05, 0) is 70.4 Å². The summed E-state index contributed by atoms with van der Waals surface area (Å²) in [6.45, 7) is 6.62. The average Bonchev–Trinajstić information content (AvgIpc) is 3.37. The van der Waals surface area contributed by atoms with Crippen molar-refractivity contribution < 1.29 is 18.0 Å². The number of likely N-dealkylation sites (N-methyl/N-ethyl adjacent to an activating group) is 1. The molecule has 0 bridgehead atoms. The first-order chi connectivity index (χ1) is 13.9. The van der Waals surface area contributed by atoms with Crippen molar-refractivity contribution in [2.24, 2.45) is 11.8 Å². The van der Waals surface area contributed by atoms with E-state index in [1.807, 2.05) is 6.92 Å². The SMILES string of the molecule is CCN1C(=O)CC(N2CCC(C3CCN(S(=O)(=O)N4CCCC4)CC3)CC2)C1=O. The number of carbonyl (C=O) groups is 2. The van der Waals surface area contributed by atoms with Crippen LogP contribution in [0.4, 0.5) is 0 Å². The summed E-state index contributed by atoms with van der Waals surface area (Å²) in [5.74, 6) is 1.08. The van der Waals surface area contributed by atoms with Crippen molar-refractivity contribution >= 4 is 22.0 Å². The van der Waals surface area contributed by atoms with E-state index < -0.39 is 10.2 Å². The first-order valence-corrected chi connectivity index (χ1v) is 12.6. The molecule has 0 aromatic heterocycles. The number of hydrogen-bond acceptors (Lipinski definition) is 5. The Morgan fingerprint density at radius 2 is 1.34 bits per heavy atom. The van der Waals surface area contributed by atoms with E-state index in [0.29, 0.717) is 51.0 Å². The van der Waals surface area contributed by atoms with Gasteiger partial charge in [0.2, 0.25) is 11.8 Å². The van der Waals surface area contributed by atoms with Crippen LogP contribution in [0.2, 0.25) is 0 Å². The first kappa shape index (κ1) is 21.2. The molecule has 29 heavy (non-hydrogen) atoms. The zero-order valence-electron chi connectivity index (χ0n) is 17.5. The van der Waals surface area contributed by atoms with Gasteiger partial charge in [-0.1, -0.05) is 0 Å². The number of imide groups is 1. The molecule has 4 aliphatic heterocycles. The van der Waals surface area contributed by atoms with Gasteiger partial charge in [-0.2, -0.15) is 17.0 Å². The lowest BCUT2D eigenvalue weighted by Gasteiger charge is -2.41. The molecule has 0 spiro atoms. The number of likely N-dealkylation sites (tertiary alicyclic amines) is 2. The summed E-state index contributed by atoms with van der Waals surface area (Å²) in [6.07, 6.45) is 6.20. The molecule has 0 aromatic carbocycles. The Balaban J connectivity index is 1.26. The maximum absolute atomic E-state index is 12.8. The van der Waals surface area contributed by atoms with Gasteiger partial charge in [-0.3, -0.25) is 19.4 Å². The second-order valence-corrected chi connectivity index (χ2v) is 10.8. The van der Waals surface area contributed by atoms with Gasteiger partial charge in [-0.15, -0.1) is 0 Å². The highest BCUT2D eigenvalue weighted by Crippen LogP contribution is 2.35. The molecule has 1 atom stereocenters. The Labute approximate surface area is 174 Å². The van der Waals surface area contributed by atoms with Gasteiger partial charge in [0.1, 0.15) is 0 Å². The van der Waals surface area contributed by atoms with E-state index in [1.165, 1.54) is 4.90 Å². The number of carbonyl (C=O) groups excluding carboxylic acids is 2. The minimum atomic E-state index is -3.27. The highest BCUT2D eigenvalue weighted by atomic mass is 32.2. The summed E-state index contributed by atoms with van der Waals surface area (Å²) in [5.41, 5.74) is 0. The molecular weight excluding hydrogens is 392 g/mol. The summed E-state index contributed by atoms with van der Waals surface area (Å²) in [6, 6.07) is -0.268. The summed E-state index contributed by atoms with van der Waals surface area (Å²) in [4.78, 5) is 28.1. The standard InChI is InChI=1S/C20H34N4O4S/c1-2-24-19(25)15-18(20(24)26)21-11-5-16(6-12-21)17-7-13-23(14-8-17)29(27,28)22-9-3-4-10-22/h16-18H,2-15H2,1H3. The van der Waals surface area contributed by atoms with Crippen molar-refractivity contribution in [1.82, 2.24) is 18.4 Å². The van der Waals surface area contributed by atoms with Crippen molar-refractivity contribution in [2.75, 3.05) is 45.8 Å². The van der Waals surface area contributed by atoms with Crippen molar-refractivity contribution in [1.29, 1.82) is 0 Å². The van der Waals surface area contributed by atoms with E-state index in [1.54, 1.807) is 8.61 Å². The van der Waals surface area contributed by atoms with Gasteiger partial charge in [0.25, 0.3) is 10.2 Å². The Kier molecular flexibility index (Phi) is 6.30. The fourth-order valence-corrected chi connectivity index (χ4v) is 7.36. The lowest BCUT2D eigenvalue weighted by molar-refractivity contribution is -0.139. The van der Waals surface area contributed by atoms with Crippen LogP contribution in [0.1, 0.15) is 51.9 Å². The van der Waals surface area contributed by atoms with Crippen molar-refractivity contribution in [3.8, 4) is 0 Å². The third-order valence-electron chi connectivity index (χ3n) is 7.43. The molecule has 4 fully saturated rings. The molecule has 4 aliphatic rings. The van der Waals surface area contributed by atoms with Crippen molar-refractivity contribution in [2.45, 2.75) is 57.9 Å². The minimum Gasteiger partial charge on any atom is -0.292 e. The van der Waals surface area contributed by atoms with Crippen LogP contribution in [0.3, 0.4) is 0 Å². The van der Waals surface area contributed by atoms with Gasteiger partial charge in [0.15, 0.2) is 0 Å². The van der Waals surface area contributed by atoms with Crippen molar-refractivity contribution in [3.05, 3.63) is 0 Å². The molecule has 2 amide bonds. The van der Waals surface area contributed by atoms with Crippen LogP contribution < -0.4 is 0 Å². The van der Waals surface area contributed by atoms with Gasteiger partial charge in [-0.25, -0.2) is 0 Å². The summed E-state index contributed by atoms with van der Waals surface area (Å²) in [5, 5.41) is 0. The summed E-state index contributed by atoms with van der Waals surface area (Å²) in [7, 11) is -3.27. The van der Waals surface area contributed by atoms with E-state index in [2.05, 4.69) is 4.90 Å². The third-order valence-corrected chi connectivity index (χ3v) is 9.47. The van der Waals surface area contributed by atoms with Crippen molar-refractivity contribution in [3.63, 3.8) is 0 Å². The van der Waals surface area contributed by atoms with Gasteiger partial charge >= 0.3 is 0 Å². The molecule has 0 aromatic rings. The number of nitrogens with zero attached hydrogens (tertiary/aromatic N) is 4. The highest BCUT2D eigenvalue weighted by Gasteiger charge is 2.43. The van der Waals surface area contributed by atoms with Crippen LogP contribution in [-0.2, 0) is 19.8 Å². The molecule has 1 unspecified atom stereocenters. The predicted octanol–water partition coefficient (Wildman–Crippen LogP) is 0.898. The van der Waals surface area contributed by atoms with Crippen LogP contribution in [0.5, 0.6) is 0 Å². The van der Waals surface area contributed by atoms with E-state index in [-0.39, 0.29) is 17.9 Å². The molecule has 4 heterocycles. The topological polar surface area (TPSA) is 81.2 Å². The summed E-state index contributed by atoms with van der Waals surface area (Å²) < 4.78 is 28.8. The zero-order valence-corrected chi connectivity index (χ0v) is 18.3. The van der Waals surface area contributed by atoms with Crippen LogP contribution in [-0.4, -0.2) is 90.5 Å². The lowest BCUT2D eigenvalue weighted by Crippen LogP contribution is -2.49. The average molecular weight is 427 g/mol. The maximum atomic E-state index is 12.8. The van der Waals surface area contributed by atoms with E-state index in [9.17, 15) is 18.0 Å². The van der Waals surface area contributed by atoms with Crippen LogP contribution >= 0.6 is 0 Å². The third kappa shape index (κ3) is 4.11. The first-order valence-electron chi connectivity index (χ1n) is 11.2. The van der Waals surface area contributed by atoms with E-state index in [4.69, 9.17) is 0 Å². The lowest BCUT2D eigenvalue weighted by atomic mass is 9.79. The Morgan fingerprint density at radius 3 is 1.86 bits per heavy atom. The second-order valence-electron chi connectivity index (χ2n) is 8.92. The molecule has 0 N–H and O–H groups in total. The number of amides is 2. The Hall–Kier alpha value is -1.03. The summed E-state index contributed by atoms with van der Waals surface area (Å²) >= 11 is 0.